The molecule has 1 fully saturated rings. The zero-order chi connectivity index (χ0) is 10.8. The molecule has 7 nitrogen and oxygen atoms in total. The SMILES string of the molecule is O=C1NC(CO)(CO)C(CO)(CO)N1. The molecule has 1 heterocycles. The second-order valence-electron chi connectivity index (χ2n) is 3.38. The molecule has 0 radical (unpaired) electrons. The highest BCUT2D eigenvalue weighted by Gasteiger charge is 2.57. The molecular formula is C7H14N2O5. The molecule has 0 aliphatic carbocycles. The van der Waals surface area contributed by atoms with E-state index in [0.717, 1.165) is 0 Å². The average molecular weight is 206 g/mol. The molecule has 0 unspecified atom stereocenters. The van der Waals surface area contributed by atoms with Gasteiger partial charge < -0.3 is 31.1 Å². The maximum absolute atomic E-state index is 11.0. The minimum atomic E-state index is -1.44. The Balaban J connectivity index is 3.06. The fourth-order valence-electron chi connectivity index (χ4n) is 1.57. The van der Waals surface area contributed by atoms with Crippen molar-refractivity contribution in [3.63, 3.8) is 0 Å². The van der Waals surface area contributed by atoms with E-state index in [1.54, 1.807) is 0 Å². The Kier molecular flexibility index (Phi) is 2.95. The molecule has 82 valence electrons. The van der Waals surface area contributed by atoms with Crippen molar-refractivity contribution in [3.8, 4) is 0 Å². The largest absolute Gasteiger partial charge is 0.394 e. The van der Waals surface area contributed by atoms with Crippen molar-refractivity contribution in [2.75, 3.05) is 26.4 Å². The van der Waals surface area contributed by atoms with Gasteiger partial charge in [0.05, 0.1) is 26.4 Å². The fourth-order valence-corrected chi connectivity index (χ4v) is 1.57. The number of rotatable bonds is 4. The highest BCUT2D eigenvalue weighted by molar-refractivity contribution is 5.80. The number of amides is 2. The monoisotopic (exact) mass is 206 g/mol. The summed E-state index contributed by atoms with van der Waals surface area (Å²) in [7, 11) is 0. The van der Waals surface area contributed by atoms with Gasteiger partial charge in [-0.05, 0) is 0 Å². The van der Waals surface area contributed by atoms with Gasteiger partial charge in [-0.3, -0.25) is 0 Å². The van der Waals surface area contributed by atoms with Gasteiger partial charge in [0.15, 0.2) is 0 Å². The summed E-state index contributed by atoms with van der Waals surface area (Å²) in [4.78, 5) is 11.0. The standard InChI is InChI=1S/C7H14N2O5/c10-1-6(2-11)7(3-12,4-13)9-5(14)8-6/h10-13H,1-4H2,(H2,8,9,14). The first-order valence-electron chi connectivity index (χ1n) is 4.13. The third kappa shape index (κ3) is 1.25. The minimum absolute atomic E-state index is 0.580. The normalized spacial score (nSPS) is 23.0. The van der Waals surface area contributed by atoms with Crippen LogP contribution in [0.2, 0.25) is 0 Å². The summed E-state index contributed by atoms with van der Waals surface area (Å²) in [6.45, 7) is -2.32. The zero-order valence-electron chi connectivity index (χ0n) is 7.53. The summed E-state index contributed by atoms with van der Waals surface area (Å²) < 4.78 is 0. The summed E-state index contributed by atoms with van der Waals surface area (Å²) in [5.74, 6) is 0. The van der Waals surface area contributed by atoms with E-state index in [2.05, 4.69) is 10.6 Å². The molecule has 0 aromatic carbocycles. The van der Waals surface area contributed by atoms with Gasteiger partial charge in [0.2, 0.25) is 0 Å². The lowest BCUT2D eigenvalue weighted by Gasteiger charge is -2.39. The molecule has 0 spiro atoms. The van der Waals surface area contributed by atoms with Crippen LogP contribution < -0.4 is 10.6 Å². The molecule has 1 rings (SSSR count). The van der Waals surface area contributed by atoms with Crippen molar-refractivity contribution < 1.29 is 25.2 Å². The van der Waals surface area contributed by atoms with Crippen LogP contribution in [-0.2, 0) is 0 Å². The molecule has 14 heavy (non-hydrogen) atoms. The molecule has 1 aliphatic heterocycles. The Bertz CT molecular complexity index is 202. The van der Waals surface area contributed by atoms with Gasteiger partial charge in [0.25, 0.3) is 0 Å². The number of aliphatic hydroxyl groups is 4. The number of nitrogens with one attached hydrogen (secondary N) is 2. The molecular weight excluding hydrogens is 192 g/mol. The van der Waals surface area contributed by atoms with Crippen molar-refractivity contribution in [1.82, 2.24) is 10.6 Å². The zero-order valence-corrected chi connectivity index (χ0v) is 7.53. The van der Waals surface area contributed by atoms with E-state index in [-0.39, 0.29) is 0 Å². The van der Waals surface area contributed by atoms with Crippen LogP contribution >= 0.6 is 0 Å². The van der Waals surface area contributed by atoms with E-state index in [1.165, 1.54) is 0 Å². The lowest BCUT2D eigenvalue weighted by molar-refractivity contribution is -0.00779. The van der Waals surface area contributed by atoms with Gasteiger partial charge in [0, 0.05) is 0 Å². The Labute approximate surface area is 80.4 Å². The number of hydrogen-bond acceptors (Lipinski definition) is 5. The number of carbonyl (C=O) groups excluding carboxylic acids is 1. The maximum atomic E-state index is 11.0. The molecule has 0 aromatic rings. The number of urea groups is 1. The van der Waals surface area contributed by atoms with Crippen LogP contribution in [0.4, 0.5) is 4.79 Å². The number of aliphatic hydroxyl groups excluding tert-OH is 4. The Morgan fingerprint density at radius 1 is 0.857 bits per heavy atom. The quantitative estimate of drug-likeness (QED) is 0.288. The van der Waals surface area contributed by atoms with Crippen LogP contribution in [0, 0.1) is 0 Å². The Morgan fingerprint density at radius 3 is 1.36 bits per heavy atom. The first-order chi connectivity index (χ1) is 6.59. The van der Waals surface area contributed by atoms with E-state index in [9.17, 15) is 4.79 Å². The molecule has 0 bridgehead atoms. The van der Waals surface area contributed by atoms with Crippen molar-refractivity contribution >= 4 is 6.03 Å². The van der Waals surface area contributed by atoms with Crippen molar-refractivity contribution in [1.29, 1.82) is 0 Å². The van der Waals surface area contributed by atoms with Gasteiger partial charge in [0.1, 0.15) is 11.1 Å². The van der Waals surface area contributed by atoms with Crippen molar-refractivity contribution in [2.24, 2.45) is 0 Å². The lowest BCUT2D eigenvalue weighted by Crippen LogP contribution is -2.68. The van der Waals surface area contributed by atoms with Crippen LogP contribution in [0.3, 0.4) is 0 Å². The van der Waals surface area contributed by atoms with E-state index in [0.29, 0.717) is 0 Å². The summed E-state index contributed by atoms with van der Waals surface area (Å²) in [5.41, 5.74) is -2.87. The second kappa shape index (κ2) is 3.70. The molecule has 1 saturated heterocycles. The van der Waals surface area contributed by atoms with Crippen LogP contribution in [0.15, 0.2) is 0 Å². The number of carbonyl (C=O) groups is 1. The topological polar surface area (TPSA) is 122 Å². The molecule has 0 aromatic heterocycles. The summed E-state index contributed by atoms with van der Waals surface area (Å²) >= 11 is 0. The molecule has 6 N–H and O–H groups in total. The maximum Gasteiger partial charge on any atom is 0.316 e. The molecule has 0 saturated carbocycles. The average Bonchev–Trinajstić information content (AvgIpc) is 2.51. The Hall–Kier alpha value is -0.890. The Morgan fingerprint density at radius 2 is 1.14 bits per heavy atom. The smallest absolute Gasteiger partial charge is 0.316 e. The molecule has 7 heteroatoms. The predicted molar refractivity (Wildman–Crippen MR) is 45.5 cm³/mol. The van der Waals surface area contributed by atoms with Crippen LogP contribution in [-0.4, -0.2) is 64.0 Å². The summed E-state index contributed by atoms with van der Waals surface area (Å²) in [5, 5.41) is 41.0. The van der Waals surface area contributed by atoms with E-state index >= 15 is 0 Å². The van der Waals surface area contributed by atoms with Crippen LogP contribution in [0.1, 0.15) is 0 Å². The van der Waals surface area contributed by atoms with Crippen molar-refractivity contribution in [2.45, 2.75) is 11.1 Å². The summed E-state index contributed by atoms with van der Waals surface area (Å²) in [6, 6.07) is -0.642. The van der Waals surface area contributed by atoms with Gasteiger partial charge in [-0.1, -0.05) is 0 Å². The summed E-state index contributed by atoms with van der Waals surface area (Å²) in [6.07, 6.45) is 0. The number of hydrogen-bond donors (Lipinski definition) is 6. The highest BCUT2D eigenvalue weighted by Crippen LogP contribution is 2.26. The van der Waals surface area contributed by atoms with Gasteiger partial charge in [-0.15, -0.1) is 0 Å². The first-order valence-corrected chi connectivity index (χ1v) is 4.13. The van der Waals surface area contributed by atoms with E-state index in [1.807, 2.05) is 0 Å². The molecule has 1 aliphatic rings. The lowest BCUT2D eigenvalue weighted by atomic mass is 9.80. The third-order valence-corrected chi connectivity index (χ3v) is 2.70. The van der Waals surface area contributed by atoms with Crippen LogP contribution in [0.5, 0.6) is 0 Å². The van der Waals surface area contributed by atoms with Crippen LogP contribution in [0.25, 0.3) is 0 Å². The first kappa shape index (κ1) is 11.2. The second-order valence-corrected chi connectivity index (χ2v) is 3.38. The molecule has 0 atom stereocenters. The van der Waals surface area contributed by atoms with Crippen molar-refractivity contribution in [3.05, 3.63) is 0 Å². The third-order valence-electron chi connectivity index (χ3n) is 2.70. The highest BCUT2D eigenvalue weighted by atomic mass is 16.3. The predicted octanol–water partition coefficient (Wildman–Crippen LogP) is -3.25. The van der Waals surface area contributed by atoms with Gasteiger partial charge in [-0.2, -0.15) is 0 Å². The fraction of sp³-hybridized carbons (Fsp3) is 0.857. The van der Waals surface area contributed by atoms with E-state index in [4.69, 9.17) is 20.4 Å². The van der Waals surface area contributed by atoms with E-state index < -0.39 is 43.5 Å². The van der Waals surface area contributed by atoms with Gasteiger partial charge in [-0.25, -0.2) is 4.79 Å². The van der Waals surface area contributed by atoms with Gasteiger partial charge >= 0.3 is 6.03 Å². The minimum Gasteiger partial charge on any atom is -0.394 e. The molecule has 2 amide bonds.